The summed E-state index contributed by atoms with van der Waals surface area (Å²) in [6.07, 6.45) is 0.510. The number of phenols is 1. The summed E-state index contributed by atoms with van der Waals surface area (Å²) in [4.78, 5) is 29.5. The van der Waals surface area contributed by atoms with Gasteiger partial charge in [-0.1, -0.05) is 6.07 Å². The maximum Gasteiger partial charge on any atom is 0.323 e. The number of thioether (sulfide) groups is 1. The van der Waals surface area contributed by atoms with Gasteiger partial charge in [0, 0.05) is 52.8 Å². The van der Waals surface area contributed by atoms with E-state index < -0.39 is 30.1 Å². The zero-order valence-corrected chi connectivity index (χ0v) is 27.0. The molecule has 240 valence electrons. The van der Waals surface area contributed by atoms with Crippen molar-refractivity contribution in [1.82, 2.24) is 9.80 Å². The van der Waals surface area contributed by atoms with Crippen molar-refractivity contribution in [2.24, 2.45) is 5.73 Å². The molecule has 4 heterocycles. The highest BCUT2D eigenvalue weighted by atomic mass is 32.2. The van der Waals surface area contributed by atoms with Gasteiger partial charge in [-0.25, -0.2) is 0 Å². The first kappa shape index (κ1) is 31.3. The molecule has 2 aromatic rings. The van der Waals surface area contributed by atoms with E-state index in [0.29, 0.717) is 57.6 Å². The molecule has 2 aromatic carbocycles. The second-order valence-corrected chi connectivity index (χ2v) is 13.1. The van der Waals surface area contributed by atoms with Gasteiger partial charge in [0.15, 0.2) is 23.0 Å². The van der Waals surface area contributed by atoms with Gasteiger partial charge in [-0.15, -0.1) is 0 Å². The number of benzene rings is 2. The number of likely N-dealkylation sites (N-methyl/N-ethyl adjacent to an activating group) is 1. The van der Waals surface area contributed by atoms with E-state index in [0.717, 1.165) is 16.7 Å². The molecular formula is C32H38N4O8S. The first-order valence-corrected chi connectivity index (χ1v) is 16.0. The number of aryl methyl sites for hydroxylation is 1. The Balaban J connectivity index is 1.61. The number of ether oxygens (including phenoxy) is 5. The zero-order valence-electron chi connectivity index (χ0n) is 26.2. The summed E-state index contributed by atoms with van der Waals surface area (Å²) < 4.78 is 29.1. The number of esters is 2. The smallest absolute Gasteiger partial charge is 0.323 e. The summed E-state index contributed by atoms with van der Waals surface area (Å²) >= 11 is 1.50. The van der Waals surface area contributed by atoms with Gasteiger partial charge in [-0.05, 0) is 45.4 Å². The summed E-state index contributed by atoms with van der Waals surface area (Å²) in [7, 11) is 3.53. The van der Waals surface area contributed by atoms with Crippen LogP contribution in [0.2, 0.25) is 0 Å². The third kappa shape index (κ3) is 4.95. The van der Waals surface area contributed by atoms with Gasteiger partial charge < -0.3 is 34.5 Å². The van der Waals surface area contributed by atoms with Crippen LogP contribution in [0, 0.1) is 32.1 Å². The normalized spacial score (nSPS) is 27.9. The summed E-state index contributed by atoms with van der Waals surface area (Å²) in [5, 5.41) is 22.5. The van der Waals surface area contributed by atoms with Gasteiger partial charge in [-0.2, -0.15) is 17.0 Å². The molecule has 1 unspecified atom stereocenters. The van der Waals surface area contributed by atoms with Crippen molar-refractivity contribution in [2.45, 2.75) is 70.4 Å². The number of aromatic hydroxyl groups is 1. The number of phenolic OH excluding ortho intramolecular Hbond substituents is 1. The number of nitriles is 1. The number of carbonyl (C=O) groups excluding carboxylic acids is 2. The first-order valence-electron chi connectivity index (χ1n) is 14.9. The highest BCUT2D eigenvalue weighted by Gasteiger charge is 2.55. The number of piperazine rings is 1. The van der Waals surface area contributed by atoms with Crippen LogP contribution in [0.25, 0.3) is 0 Å². The minimum atomic E-state index is -0.848. The fourth-order valence-corrected chi connectivity index (χ4v) is 8.75. The lowest BCUT2D eigenvalue weighted by Gasteiger charge is -2.58. The quantitative estimate of drug-likeness (QED) is 0.374. The maximum absolute atomic E-state index is 13.0. The molecule has 13 heteroatoms. The second-order valence-electron chi connectivity index (χ2n) is 12.1. The van der Waals surface area contributed by atoms with E-state index in [2.05, 4.69) is 15.9 Å². The average molecular weight is 639 g/mol. The molecule has 0 spiro atoms. The highest BCUT2D eigenvalue weighted by molar-refractivity contribution is 7.99. The van der Waals surface area contributed by atoms with Crippen molar-refractivity contribution < 1.29 is 38.4 Å². The molecule has 12 nitrogen and oxygen atoms in total. The van der Waals surface area contributed by atoms with Gasteiger partial charge in [0.05, 0.1) is 25.3 Å². The van der Waals surface area contributed by atoms with E-state index in [4.69, 9.17) is 29.4 Å². The predicted molar refractivity (Wildman–Crippen MR) is 165 cm³/mol. The Labute approximate surface area is 266 Å². The number of nitrogens with two attached hydrogens (primary N) is 1. The molecule has 0 saturated carbocycles. The third-order valence-corrected chi connectivity index (χ3v) is 10.7. The maximum atomic E-state index is 13.0. The summed E-state index contributed by atoms with van der Waals surface area (Å²) in [6.45, 7) is 6.67. The lowest BCUT2D eigenvalue weighted by molar-refractivity contribution is -0.149. The lowest BCUT2D eigenvalue weighted by atomic mass is 9.76. The first-order chi connectivity index (χ1) is 21.5. The molecule has 6 rings (SSSR count). The molecule has 2 bridgehead atoms. The lowest BCUT2D eigenvalue weighted by Crippen LogP contribution is -2.67. The average Bonchev–Trinajstić information content (AvgIpc) is 3.48. The number of cyclic esters (lactones) is 1. The Hall–Kier alpha value is -3.70. The molecule has 4 aliphatic heterocycles. The van der Waals surface area contributed by atoms with Crippen molar-refractivity contribution >= 4 is 23.7 Å². The Morgan fingerprint density at radius 2 is 1.84 bits per heavy atom. The standard InChI is InChI=1S/C32H38N4O8S/c1-14-7-18-8-20-21(9-33)36-22(24-15(2)29(44-17(4)37)16(3)30-31(24)43-13-42-30)10-41-32(39)19(34)11-45-12-23(36)26(35(20)5)25(18)27(38)28(14)40-6/h7,19-23,26,38H,8,10-13,34H2,1-6H3/t19?,20-,21+,22+,23+,26-/m1/s1. The topological polar surface area (TPSA) is 157 Å². The molecule has 0 radical (unpaired) electrons. The van der Waals surface area contributed by atoms with Gasteiger partial charge >= 0.3 is 11.9 Å². The minimum Gasteiger partial charge on any atom is -0.504 e. The van der Waals surface area contributed by atoms with Crippen LogP contribution < -0.4 is 24.7 Å². The summed E-state index contributed by atoms with van der Waals surface area (Å²) in [6, 6.07) is 1.46. The van der Waals surface area contributed by atoms with E-state index in [1.54, 1.807) is 6.92 Å². The molecule has 0 aliphatic carbocycles. The Bertz CT molecular complexity index is 1610. The number of nitrogens with zero attached hydrogens (tertiary/aromatic N) is 3. The monoisotopic (exact) mass is 638 g/mol. The van der Waals surface area contributed by atoms with Gasteiger partial charge in [-0.3, -0.25) is 19.4 Å². The SMILES string of the molecule is COc1c(C)cc2c(c1O)[C@H]1[C@@H]3CSCC(N)C(=O)OC[C@@H](c4c(C)c(OC(C)=O)c(C)c5c4OCO5)N3[C@@H](C#N)[C@@H](C2)N1C. The Morgan fingerprint density at radius 3 is 2.53 bits per heavy atom. The zero-order chi connectivity index (χ0) is 32.3. The van der Waals surface area contributed by atoms with Crippen LogP contribution >= 0.6 is 11.8 Å². The molecule has 2 fully saturated rings. The van der Waals surface area contributed by atoms with Crippen LogP contribution in [0.1, 0.15) is 52.4 Å². The Kier molecular flexibility index (Phi) is 8.28. The second kappa shape index (κ2) is 11.9. The Morgan fingerprint density at radius 1 is 1.11 bits per heavy atom. The van der Waals surface area contributed by atoms with E-state index in [-0.39, 0.29) is 37.3 Å². The van der Waals surface area contributed by atoms with Crippen molar-refractivity contribution in [1.29, 1.82) is 5.26 Å². The third-order valence-electron chi connectivity index (χ3n) is 9.52. The number of hydrogen-bond acceptors (Lipinski definition) is 13. The number of methoxy groups -OCH3 is 1. The van der Waals surface area contributed by atoms with Crippen LogP contribution in [0.15, 0.2) is 6.07 Å². The van der Waals surface area contributed by atoms with Crippen molar-refractivity contribution in [3.63, 3.8) is 0 Å². The number of rotatable bonds is 3. The number of fused-ring (bicyclic) bond motifs is 7. The summed E-state index contributed by atoms with van der Waals surface area (Å²) in [5.74, 6) is 1.50. The minimum absolute atomic E-state index is 0.0428. The molecule has 3 N–H and O–H groups in total. The predicted octanol–water partition coefficient (Wildman–Crippen LogP) is 2.81. The van der Waals surface area contributed by atoms with Gasteiger partial charge in [0.2, 0.25) is 6.79 Å². The molecule has 6 atom stereocenters. The molecule has 0 aromatic heterocycles. The van der Waals surface area contributed by atoms with Crippen molar-refractivity contribution in [3.05, 3.63) is 39.4 Å². The number of carbonyl (C=O) groups is 2. The van der Waals surface area contributed by atoms with Gasteiger partial charge in [0.1, 0.15) is 24.4 Å². The van der Waals surface area contributed by atoms with Crippen LogP contribution in [-0.4, -0.2) is 90.1 Å². The highest BCUT2D eigenvalue weighted by Crippen LogP contribution is 2.55. The molecule has 0 amide bonds. The van der Waals surface area contributed by atoms with Crippen molar-refractivity contribution in [3.8, 4) is 34.8 Å². The van der Waals surface area contributed by atoms with E-state index in [1.807, 2.05) is 27.0 Å². The van der Waals surface area contributed by atoms with E-state index in [9.17, 15) is 20.0 Å². The van der Waals surface area contributed by atoms with Crippen LogP contribution in [0.3, 0.4) is 0 Å². The summed E-state index contributed by atoms with van der Waals surface area (Å²) in [5.41, 5.74) is 10.6. The largest absolute Gasteiger partial charge is 0.504 e. The fourth-order valence-electron chi connectivity index (χ4n) is 7.63. The van der Waals surface area contributed by atoms with Gasteiger partial charge in [0.25, 0.3) is 0 Å². The van der Waals surface area contributed by atoms with E-state index in [1.165, 1.54) is 25.8 Å². The van der Waals surface area contributed by atoms with Crippen LogP contribution in [0.5, 0.6) is 28.7 Å². The fraction of sp³-hybridized carbons (Fsp3) is 0.531. The number of hydrogen-bond donors (Lipinski definition) is 2. The van der Waals surface area contributed by atoms with Crippen LogP contribution in [0.4, 0.5) is 0 Å². The van der Waals surface area contributed by atoms with Crippen LogP contribution in [-0.2, 0) is 20.7 Å². The molecule has 2 saturated heterocycles. The molecular weight excluding hydrogens is 600 g/mol. The van der Waals surface area contributed by atoms with Crippen molar-refractivity contribution in [2.75, 3.05) is 39.1 Å². The molecule has 45 heavy (non-hydrogen) atoms. The van der Waals surface area contributed by atoms with E-state index >= 15 is 0 Å². The molecule has 4 aliphatic rings.